The highest BCUT2D eigenvalue weighted by Crippen LogP contribution is 2.36. The highest BCUT2D eigenvalue weighted by atomic mass is 16.4. The Balaban J connectivity index is 2.04. The highest BCUT2D eigenvalue weighted by Gasteiger charge is 2.46. The normalized spacial score (nSPS) is 30.6. The Morgan fingerprint density at radius 2 is 2.05 bits per heavy atom. The molecule has 0 saturated carbocycles. The smallest absolute Gasteiger partial charge is 0.320 e. The number of hydrogen-bond donors (Lipinski definition) is 1. The molecule has 0 bridgehead atoms. The summed E-state index contributed by atoms with van der Waals surface area (Å²) < 4.78 is 0. The van der Waals surface area contributed by atoms with E-state index in [1.54, 1.807) is 4.90 Å². The van der Waals surface area contributed by atoms with Gasteiger partial charge >= 0.3 is 12.0 Å². The summed E-state index contributed by atoms with van der Waals surface area (Å²) in [4.78, 5) is 27.8. The summed E-state index contributed by atoms with van der Waals surface area (Å²) in [7, 11) is 0. The fourth-order valence-electron chi connectivity index (χ4n) is 3.56. The maximum Gasteiger partial charge on any atom is 0.320 e. The van der Waals surface area contributed by atoms with Crippen LogP contribution in [0.25, 0.3) is 0 Å². The maximum atomic E-state index is 12.6. The Morgan fingerprint density at radius 1 is 1.30 bits per heavy atom. The largest absolute Gasteiger partial charge is 0.481 e. The van der Waals surface area contributed by atoms with E-state index in [9.17, 15) is 14.7 Å². The molecule has 0 aromatic heterocycles. The third-order valence-corrected chi connectivity index (χ3v) is 4.86. The average Bonchev–Trinajstić information content (AvgIpc) is 2.85. The highest BCUT2D eigenvalue weighted by molar-refractivity contribution is 5.80. The molecule has 2 aliphatic rings. The number of carbonyl (C=O) groups is 2. The van der Waals surface area contributed by atoms with Gasteiger partial charge in [-0.1, -0.05) is 13.3 Å². The van der Waals surface area contributed by atoms with Gasteiger partial charge in [0.25, 0.3) is 0 Å². The van der Waals surface area contributed by atoms with E-state index in [4.69, 9.17) is 0 Å². The third-order valence-electron chi connectivity index (χ3n) is 4.86. The first-order valence-electron chi connectivity index (χ1n) is 7.79. The van der Waals surface area contributed by atoms with Crippen molar-refractivity contribution >= 4 is 12.0 Å². The zero-order valence-electron chi connectivity index (χ0n) is 12.6. The van der Waals surface area contributed by atoms with Gasteiger partial charge in [0.1, 0.15) is 0 Å². The molecule has 0 aromatic carbocycles. The van der Waals surface area contributed by atoms with Crippen LogP contribution < -0.4 is 0 Å². The number of carbonyl (C=O) groups excluding carboxylic acids is 1. The molecule has 2 saturated heterocycles. The number of hydrogen-bond acceptors (Lipinski definition) is 2. The number of piperidine rings is 1. The van der Waals surface area contributed by atoms with E-state index >= 15 is 0 Å². The van der Waals surface area contributed by atoms with Gasteiger partial charge in [-0.25, -0.2) is 4.79 Å². The van der Waals surface area contributed by atoms with Crippen LogP contribution in [0.3, 0.4) is 0 Å². The van der Waals surface area contributed by atoms with Crippen molar-refractivity contribution < 1.29 is 14.7 Å². The number of carboxylic acids is 1. The lowest BCUT2D eigenvalue weighted by Gasteiger charge is -2.36. The van der Waals surface area contributed by atoms with Crippen LogP contribution in [0.1, 0.15) is 52.4 Å². The molecule has 2 aliphatic heterocycles. The van der Waals surface area contributed by atoms with E-state index in [2.05, 4.69) is 6.92 Å². The molecule has 0 aromatic rings. The molecule has 0 radical (unpaired) electrons. The standard InChI is InChI=1S/C15H26N2O3/c1-3-7-15(13(18)19)8-10-16(11-15)14(20)17-9-5-4-6-12(17)2/h12H,3-11H2,1-2H3,(H,18,19). The van der Waals surface area contributed by atoms with Crippen molar-refractivity contribution in [2.75, 3.05) is 19.6 Å². The van der Waals surface area contributed by atoms with Gasteiger partial charge in [0.2, 0.25) is 0 Å². The molecule has 114 valence electrons. The van der Waals surface area contributed by atoms with Gasteiger partial charge in [-0.3, -0.25) is 4.79 Å². The predicted molar refractivity (Wildman–Crippen MR) is 76.6 cm³/mol. The fraction of sp³-hybridized carbons (Fsp3) is 0.867. The van der Waals surface area contributed by atoms with Gasteiger partial charge in [-0.2, -0.15) is 0 Å². The summed E-state index contributed by atoms with van der Waals surface area (Å²) in [6, 6.07) is 0.318. The first kappa shape index (κ1) is 15.1. The lowest BCUT2D eigenvalue weighted by Crippen LogP contribution is -2.49. The first-order chi connectivity index (χ1) is 9.50. The molecule has 2 rings (SSSR count). The number of nitrogens with zero attached hydrogens (tertiary/aromatic N) is 2. The van der Waals surface area contributed by atoms with Crippen LogP contribution in [0.15, 0.2) is 0 Å². The molecule has 2 heterocycles. The molecule has 1 N–H and O–H groups in total. The quantitative estimate of drug-likeness (QED) is 0.865. The van der Waals surface area contributed by atoms with Crippen LogP contribution in [0.5, 0.6) is 0 Å². The maximum absolute atomic E-state index is 12.6. The Hall–Kier alpha value is -1.26. The summed E-state index contributed by atoms with van der Waals surface area (Å²) >= 11 is 0. The van der Waals surface area contributed by atoms with Crippen molar-refractivity contribution in [1.29, 1.82) is 0 Å². The Kier molecular flexibility index (Phi) is 4.55. The van der Waals surface area contributed by atoms with E-state index in [-0.39, 0.29) is 12.1 Å². The molecule has 20 heavy (non-hydrogen) atoms. The molecular weight excluding hydrogens is 256 g/mol. The summed E-state index contributed by atoms with van der Waals surface area (Å²) in [6.07, 6.45) is 5.38. The van der Waals surface area contributed by atoms with Gasteiger partial charge in [-0.15, -0.1) is 0 Å². The van der Waals surface area contributed by atoms with Gasteiger partial charge < -0.3 is 14.9 Å². The predicted octanol–water partition coefficient (Wildman–Crippen LogP) is 2.56. The number of amides is 2. The van der Waals surface area contributed by atoms with Crippen molar-refractivity contribution in [3.8, 4) is 0 Å². The van der Waals surface area contributed by atoms with Gasteiger partial charge in [0.05, 0.1) is 5.41 Å². The molecule has 0 spiro atoms. The molecule has 5 nitrogen and oxygen atoms in total. The lowest BCUT2D eigenvalue weighted by atomic mass is 9.83. The number of likely N-dealkylation sites (tertiary alicyclic amines) is 2. The van der Waals surface area contributed by atoms with Crippen molar-refractivity contribution in [2.45, 2.75) is 58.4 Å². The van der Waals surface area contributed by atoms with Crippen LogP contribution >= 0.6 is 0 Å². The van der Waals surface area contributed by atoms with E-state index in [0.29, 0.717) is 25.9 Å². The van der Waals surface area contributed by atoms with Crippen LogP contribution in [0.4, 0.5) is 4.79 Å². The summed E-state index contributed by atoms with van der Waals surface area (Å²) in [5.41, 5.74) is -0.719. The van der Waals surface area contributed by atoms with Crippen LogP contribution in [-0.4, -0.2) is 52.6 Å². The van der Waals surface area contributed by atoms with Crippen LogP contribution in [0.2, 0.25) is 0 Å². The number of aliphatic carboxylic acids is 1. The Bertz CT molecular complexity index is 385. The van der Waals surface area contributed by atoms with E-state index < -0.39 is 11.4 Å². The van der Waals surface area contributed by atoms with E-state index in [1.807, 2.05) is 11.8 Å². The van der Waals surface area contributed by atoms with Gasteiger partial charge in [0, 0.05) is 25.7 Å². The number of carboxylic acid groups (broad SMARTS) is 1. The molecular formula is C15H26N2O3. The molecule has 2 amide bonds. The minimum absolute atomic E-state index is 0.0384. The van der Waals surface area contributed by atoms with Crippen molar-refractivity contribution in [2.24, 2.45) is 5.41 Å². The number of urea groups is 1. The van der Waals surface area contributed by atoms with Crippen molar-refractivity contribution in [1.82, 2.24) is 9.80 Å². The SMILES string of the molecule is CCCC1(C(=O)O)CCN(C(=O)N2CCCCC2C)C1. The lowest BCUT2D eigenvalue weighted by molar-refractivity contribution is -0.148. The molecule has 0 aliphatic carbocycles. The summed E-state index contributed by atoms with van der Waals surface area (Å²) in [5, 5.41) is 9.51. The minimum atomic E-state index is -0.749. The summed E-state index contributed by atoms with van der Waals surface area (Å²) in [5.74, 6) is -0.749. The second kappa shape index (κ2) is 6.02. The fourth-order valence-corrected chi connectivity index (χ4v) is 3.56. The van der Waals surface area contributed by atoms with Crippen LogP contribution in [-0.2, 0) is 4.79 Å². The Labute approximate surface area is 120 Å². The minimum Gasteiger partial charge on any atom is -0.481 e. The molecule has 2 unspecified atom stereocenters. The molecule has 2 fully saturated rings. The monoisotopic (exact) mass is 282 g/mol. The molecule has 2 atom stereocenters. The zero-order valence-corrected chi connectivity index (χ0v) is 12.6. The van der Waals surface area contributed by atoms with E-state index in [0.717, 1.165) is 25.8 Å². The van der Waals surface area contributed by atoms with E-state index in [1.165, 1.54) is 6.42 Å². The third kappa shape index (κ3) is 2.76. The number of rotatable bonds is 3. The molecule has 5 heteroatoms. The van der Waals surface area contributed by atoms with Gasteiger partial charge in [0.15, 0.2) is 0 Å². The summed E-state index contributed by atoms with van der Waals surface area (Å²) in [6.45, 7) is 5.85. The Morgan fingerprint density at radius 3 is 2.65 bits per heavy atom. The van der Waals surface area contributed by atoms with Crippen LogP contribution in [0, 0.1) is 5.41 Å². The average molecular weight is 282 g/mol. The van der Waals surface area contributed by atoms with Crippen molar-refractivity contribution in [3.05, 3.63) is 0 Å². The first-order valence-corrected chi connectivity index (χ1v) is 7.79. The second-order valence-electron chi connectivity index (χ2n) is 6.33. The van der Waals surface area contributed by atoms with Crippen molar-refractivity contribution in [3.63, 3.8) is 0 Å². The van der Waals surface area contributed by atoms with Gasteiger partial charge in [-0.05, 0) is 39.0 Å². The zero-order chi connectivity index (χ0) is 14.8. The second-order valence-corrected chi connectivity index (χ2v) is 6.33. The topological polar surface area (TPSA) is 60.9 Å².